The molecule has 0 N–H and O–H groups in total. The Balaban J connectivity index is 2.36. The first-order chi connectivity index (χ1) is 9.52. The predicted molar refractivity (Wildman–Crippen MR) is 90.6 cm³/mol. The standard InChI is InChI=1S/C15H11Br3O2/c1-2-20-14-6-3-9(7-13(14)18)15(19)11-5-4-10(16)8-12(11)17/h3-8H,2H2,1H3. The molecule has 0 aliphatic heterocycles. The molecule has 0 bridgehead atoms. The van der Waals surface area contributed by atoms with Crippen molar-refractivity contribution in [3.05, 3.63) is 60.9 Å². The first-order valence-corrected chi connectivity index (χ1v) is 8.33. The van der Waals surface area contributed by atoms with E-state index in [1.54, 1.807) is 24.3 Å². The van der Waals surface area contributed by atoms with Gasteiger partial charge in [0.25, 0.3) is 0 Å². The number of carbonyl (C=O) groups is 1. The molecule has 2 aromatic carbocycles. The SMILES string of the molecule is CCOc1ccc(C(=O)c2ccc(Br)cc2Br)cc1Br. The van der Waals surface area contributed by atoms with E-state index in [9.17, 15) is 4.79 Å². The highest BCUT2D eigenvalue weighted by Gasteiger charge is 2.14. The van der Waals surface area contributed by atoms with Crippen LogP contribution in [0.15, 0.2) is 49.8 Å². The number of halogens is 3. The van der Waals surface area contributed by atoms with Gasteiger partial charge in [-0.3, -0.25) is 4.79 Å². The summed E-state index contributed by atoms with van der Waals surface area (Å²) in [6.07, 6.45) is 0. The molecule has 104 valence electrons. The number of hydrogen-bond donors (Lipinski definition) is 0. The van der Waals surface area contributed by atoms with Crippen molar-refractivity contribution < 1.29 is 9.53 Å². The first kappa shape index (κ1) is 15.7. The van der Waals surface area contributed by atoms with E-state index in [1.165, 1.54) is 0 Å². The fraction of sp³-hybridized carbons (Fsp3) is 0.133. The average molecular weight is 463 g/mol. The number of hydrogen-bond acceptors (Lipinski definition) is 2. The molecule has 0 aliphatic rings. The van der Waals surface area contributed by atoms with Gasteiger partial charge in [-0.15, -0.1) is 0 Å². The summed E-state index contributed by atoms with van der Waals surface area (Å²) in [7, 11) is 0. The minimum atomic E-state index is -0.0341. The Kier molecular flexibility index (Phi) is 5.41. The predicted octanol–water partition coefficient (Wildman–Crippen LogP) is 5.60. The summed E-state index contributed by atoms with van der Waals surface area (Å²) in [6, 6.07) is 10.8. The van der Waals surface area contributed by atoms with Crippen LogP contribution in [-0.2, 0) is 0 Å². The second kappa shape index (κ2) is 6.87. The van der Waals surface area contributed by atoms with Gasteiger partial charge in [0.2, 0.25) is 0 Å². The molecule has 0 saturated carbocycles. The average Bonchev–Trinajstić information content (AvgIpc) is 2.40. The van der Waals surface area contributed by atoms with E-state index < -0.39 is 0 Å². The van der Waals surface area contributed by atoms with E-state index in [-0.39, 0.29) is 5.78 Å². The quantitative estimate of drug-likeness (QED) is 0.552. The van der Waals surface area contributed by atoms with Gasteiger partial charge in [-0.2, -0.15) is 0 Å². The number of ketones is 1. The van der Waals surface area contributed by atoms with E-state index in [0.29, 0.717) is 17.7 Å². The number of benzene rings is 2. The maximum Gasteiger partial charge on any atom is 0.194 e. The summed E-state index contributed by atoms with van der Waals surface area (Å²) in [4.78, 5) is 12.5. The maximum atomic E-state index is 12.5. The van der Waals surface area contributed by atoms with E-state index in [2.05, 4.69) is 47.8 Å². The second-order valence-corrected chi connectivity index (χ2v) is 6.66. The molecule has 0 spiro atoms. The zero-order chi connectivity index (χ0) is 14.7. The maximum absolute atomic E-state index is 12.5. The molecular formula is C15H11Br3O2. The van der Waals surface area contributed by atoms with E-state index in [0.717, 1.165) is 19.2 Å². The molecule has 2 nitrogen and oxygen atoms in total. The monoisotopic (exact) mass is 460 g/mol. The number of ether oxygens (including phenoxy) is 1. The minimum absolute atomic E-state index is 0.0341. The highest BCUT2D eigenvalue weighted by molar-refractivity contribution is 9.11. The Morgan fingerprint density at radius 1 is 1.05 bits per heavy atom. The Bertz CT molecular complexity index is 654. The summed E-state index contributed by atoms with van der Waals surface area (Å²) in [5.74, 6) is 0.701. The van der Waals surface area contributed by atoms with Crippen molar-refractivity contribution in [2.75, 3.05) is 6.61 Å². The van der Waals surface area contributed by atoms with Crippen molar-refractivity contribution in [1.29, 1.82) is 0 Å². The fourth-order valence-electron chi connectivity index (χ4n) is 1.74. The van der Waals surface area contributed by atoms with Crippen LogP contribution < -0.4 is 4.74 Å². The van der Waals surface area contributed by atoms with Gasteiger partial charge in [0.1, 0.15) is 5.75 Å². The summed E-state index contributed by atoms with van der Waals surface area (Å²) in [5, 5.41) is 0. The van der Waals surface area contributed by atoms with E-state index in [4.69, 9.17) is 4.74 Å². The lowest BCUT2D eigenvalue weighted by Gasteiger charge is -2.08. The molecule has 0 unspecified atom stereocenters. The van der Waals surface area contributed by atoms with E-state index in [1.807, 2.05) is 19.1 Å². The third-order valence-electron chi connectivity index (χ3n) is 2.67. The third-order valence-corrected chi connectivity index (χ3v) is 4.44. The molecule has 0 atom stereocenters. The van der Waals surface area contributed by atoms with E-state index >= 15 is 0 Å². The summed E-state index contributed by atoms with van der Waals surface area (Å²) < 4.78 is 7.91. The smallest absolute Gasteiger partial charge is 0.194 e. The molecular weight excluding hydrogens is 452 g/mol. The molecule has 0 amide bonds. The van der Waals surface area contributed by atoms with Crippen LogP contribution in [-0.4, -0.2) is 12.4 Å². The van der Waals surface area contributed by atoms with Crippen LogP contribution in [0.1, 0.15) is 22.8 Å². The van der Waals surface area contributed by atoms with Gasteiger partial charge in [0.15, 0.2) is 5.78 Å². The van der Waals surface area contributed by atoms with Gasteiger partial charge in [0, 0.05) is 20.1 Å². The second-order valence-electron chi connectivity index (χ2n) is 4.03. The van der Waals surface area contributed by atoms with Crippen molar-refractivity contribution in [2.45, 2.75) is 6.92 Å². The summed E-state index contributed by atoms with van der Waals surface area (Å²) in [6.45, 7) is 2.51. The van der Waals surface area contributed by atoms with Crippen LogP contribution in [0.2, 0.25) is 0 Å². The number of carbonyl (C=O) groups excluding carboxylic acids is 1. The molecule has 20 heavy (non-hydrogen) atoms. The molecule has 0 fully saturated rings. The van der Waals surface area contributed by atoms with Crippen LogP contribution in [0.5, 0.6) is 5.75 Å². The van der Waals surface area contributed by atoms with Crippen molar-refractivity contribution >= 4 is 53.6 Å². The Morgan fingerprint density at radius 2 is 1.80 bits per heavy atom. The zero-order valence-corrected chi connectivity index (χ0v) is 15.4. The lowest BCUT2D eigenvalue weighted by atomic mass is 10.0. The van der Waals surface area contributed by atoms with Gasteiger partial charge < -0.3 is 4.74 Å². The Labute approximate surface area is 142 Å². The fourth-order valence-corrected chi connectivity index (χ4v) is 3.46. The molecule has 5 heteroatoms. The molecule has 0 aromatic heterocycles. The summed E-state index contributed by atoms with van der Waals surface area (Å²) >= 11 is 10.2. The van der Waals surface area contributed by atoms with Gasteiger partial charge >= 0.3 is 0 Å². The van der Waals surface area contributed by atoms with Gasteiger partial charge in [-0.1, -0.05) is 15.9 Å². The Morgan fingerprint density at radius 3 is 2.40 bits per heavy atom. The van der Waals surface area contributed by atoms with Crippen molar-refractivity contribution in [2.24, 2.45) is 0 Å². The molecule has 0 heterocycles. The lowest BCUT2D eigenvalue weighted by Crippen LogP contribution is -2.03. The van der Waals surface area contributed by atoms with Crippen molar-refractivity contribution in [3.63, 3.8) is 0 Å². The van der Waals surface area contributed by atoms with Crippen LogP contribution in [0.25, 0.3) is 0 Å². The first-order valence-electron chi connectivity index (χ1n) is 5.95. The topological polar surface area (TPSA) is 26.3 Å². The van der Waals surface area contributed by atoms with Crippen LogP contribution in [0.3, 0.4) is 0 Å². The minimum Gasteiger partial charge on any atom is -0.493 e. The number of rotatable bonds is 4. The molecule has 0 aliphatic carbocycles. The van der Waals surface area contributed by atoms with Crippen LogP contribution in [0, 0.1) is 0 Å². The summed E-state index contributed by atoms with van der Waals surface area (Å²) in [5.41, 5.74) is 1.24. The highest BCUT2D eigenvalue weighted by atomic mass is 79.9. The van der Waals surface area contributed by atoms with Crippen molar-refractivity contribution in [3.8, 4) is 5.75 Å². The zero-order valence-electron chi connectivity index (χ0n) is 10.6. The molecule has 2 aromatic rings. The van der Waals surface area contributed by atoms with Gasteiger partial charge in [-0.25, -0.2) is 0 Å². The Hall–Kier alpha value is -0.650. The van der Waals surface area contributed by atoms with Crippen LogP contribution in [0.4, 0.5) is 0 Å². The largest absolute Gasteiger partial charge is 0.493 e. The lowest BCUT2D eigenvalue weighted by molar-refractivity contribution is 0.103. The van der Waals surface area contributed by atoms with Gasteiger partial charge in [-0.05, 0) is 75.2 Å². The van der Waals surface area contributed by atoms with Crippen LogP contribution >= 0.6 is 47.8 Å². The van der Waals surface area contributed by atoms with Crippen molar-refractivity contribution in [1.82, 2.24) is 0 Å². The molecule has 0 radical (unpaired) electrons. The highest BCUT2D eigenvalue weighted by Crippen LogP contribution is 2.29. The molecule has 0 saturated heterocycles. The third kappa shape index (κ3) is 3.51. The normalized spacial score (nSPS) is 10.4. The van der Waals surface area contributed by atoms with Gasteiger partial charge in [0.05, 0.1) is 11.1 Å². The molecule has 2 rings (SSSR count).